The molecule has 0 spiro atoms. The van der Waals surface area contributed by atoms with Crippen LogP contribution in [0.5, 0.6) is 0 Å². The second-order valence-corrected chi connectivity index (χ2v) is 6.58. The Balaban J connectivity index is 2.02. The molecule has 3 heteroatoms. The molecule has 0 radical (unpaired) electrons. The van der Waals surface area contributed by atoms with Crippen LogP contribution in [-0.4, -0.2) is 30.1 Å². The molecule has 2 atom stereocenters. The summed E-state index contributed by atoms with van der Waals surface area (Å²) in [4.78, 5) is 2.59. The Bertz CT molecular complexity index is 392. The van der Waals surface area contributed by atoms with Crippen LogP contribution in [0.3, 0.4) is 0 Å². The van der Waals surface area contributed by atoms with E-state index in [1.807, 2.05) is 0 Å². The summed E-state index contributed by atoms with van der Waals surface area (Å²) in [6.45, 7) is 10.2. The van der Waals surface area contributed by atoms with Gasteiger partial charge in [0.25, 0.3) is 0 Å². The van der Waals surface area contributed by atoms with Crippen LogP contribution in [0.4, 0.5) is 0 Å². The van der Waals surface area contributed by atoms with Crippen molar-refractivity contribution >= 4 is 15.9 Å². The molecule has 1 heterocycles. The Kier molecular flexibility index (Phi) is 4.82. The fourth-order valence-electron chi connectivity index (χ4n) is 2.48. The van der Waals surface area contributed by atoms with Gasteiger partial charge in [0.2, 0.25) is 0 Å². The van der Waals surface area contributed by atoms with Crippen molar-refractivity contribution in [2.24, 2.45) is 5.92 Å². The smallest absolute Gasteiger partial charge is 0.0238 e. The second kappa shape index (κ2) is 6.18. The third kappa shape index (κ3) is 3.56. The standard InChI is InChI=1S/C15H23BrN2/c1-11(2)15-10-18(12(3)8-17-15)9-13-5-4-6-14(16)7-13/h4-7,11-12,15,17H,8-10H2,1-3H3. The van der Waals surface area contributed by atoms with Gasteiger partial charge in [-0.2, -0.15) is 0 Å². The maximum Gasteiger partial charge on any atom is 0.0238 e. The van der Waals surface area contributed by atoms with Gasteiger partial charge < -0.3 is 5.32 Å². The molecule has 2 unspecified atom stereocenters. The van der Waals surface area contributed by atoms with Crippen LogP contribution in [0.15, 0.2) is 28.7 Å². The SMILES string of the molecule is CC(C)C1CN(Cc2cccc(Br)c2)C(C)CN1. The Morgan fingerprint density at radius 3 is 2.89 bits per heavy atom. The van der Waals surface area contributed by atoms with E-state index >= 15 is 0 Å². The molecule has 1 aromatic rings. The first-order valence-corrected chi connectivity index (χ1v) is 7.57. The number of benzene rings is 1. The molecule has 2 rings (SSSR count). The highest BCUT2D eigenvalue weighted by molar-refractivity contribution is 9.10. The first-order valence-electron chi connectivity index (χ1n) is 6.78. The molecule has 100 valence electrons. The molecular formula is C15H23BrN2. The van der Waals surface area contributed by atoms with E-state index in [0.717, 1.165) is 19.6 Å². The van der Waals surface area contributed by atoms with Crippen molar-refractivity contribution < 1.29 is 0 Å². The van der Waals surface area contributed by atoms with E-state index in [9.17, 15) is 0 Å². The van der Waals surface area contributed by atoms with Crippen molar-refractivity contribution in [3.63, 3.8) is 0 Å². The zero-order valence-corrected chi connectivity index (χ0v) is 13.1. The average molecular weight is 311 g/mol. The van der Waals surface area contributed by atoms with Crippen molar-refractivity contribution in [3.8, 4) is 0 Å². The van der Waals surface area contributed by atoms with E-state index in [2.05, 4.69) is 71.2 Å². The van der Waals surface area contributed by atoms with E-state index in [1.165, 1.54) is 10.0 Å². The Morgan fingerprint density at radius 1 is 1.44 bits per heavy atom. The topological polar surface area (TPSA) is 15.3 Å². The predicted molar refractivity (Wildman–Crippen MR) is 80.6 cm³/mol. The zero-order chi connectivity index (χ0) is 13.1. The fourth-order valence-corrected chi connectivity index (χ4v) is 2.93. The lowest BCUT2D eigenvalue weighted by molar-refractivity contribution is 0.116. The lowest BCUT2D eigenvalue weighted by Gasteiger charge is -2.40. The van der Waals surface area contributed by atoms with Gasteiger partial charge in [-0.1, -0.05) is 41.9 Å². The molecule has 1 aliphatic rings. The molecule has 0 bridgehead atoms. The van der Waals surface area contributed by atoms with Gasteiger partial charge in [0, 0.05) is 36.2 Å². The Morgan fingerprint density at radius 2 is 2.22 bits per heavy atom. The van der Waals surface area contributed by atoms with Crippen LogP contribution < -0.4 is 5.32 Å². The third-order valence-electron chi connectivity index (χ3n) is 3.81. The molecule has 0 amide bonds. The monoisotopic (exact) mass is 310 g/mol. The molecule has 0 saturated carbocycles. The van der Waals surface area contributed by atoms with Gasteiger partial charge in [-0.3, -0.25) is 4.90 Å². The summed E-state index contributed by atoms with van der Waals surface area (Å²) < 4.78 is 1.17. The number of hydrogen-bond donors (Lipinski definition) is 1. The van der Waals surface area contributed by atoms with Crippen molar-refractivity contribution in [2.45, 2.75) is 39.4 Å². The van der Waals surface area contributed by atoms with Crippen LogP contribution in [0, 0.1) is 5.92 Å². The number of nitrogens with one attached hydrogen (secondary N) is 1. The number of rotatable bonds is 3. The molecule has 0 aliphatic carbocycles. The minimum Gasteiger partial charge on any atom is -0.311 e. The summed E-state index contributed by atoms with van der Waals surface area (Å²) >= 11 is 3.55. The van der Waals surface area contributed by atoms with Crippen molar-refractivity contribution in [2.75, 3.05) is 13.1 Å². The lowest BCUT2D eigenvalue weighted by Crippen LogP contribution is -2.56. The van der Waals surface area contributed by atoms with E-state index < -0.39 is 0 Å². The van der Waals surface area contributed by atoms with Crippen LogP contribution in [0.2, 0.25) is 0 Å². The molecule has 1 fully saturated rings. The van der Waals surface area contributed by atoms with Gasteiger partial charge in [-0.05, 0) is 30.5 Å². The minimum absolute atomic E-state index is 0.610. The quantitative estimate of drug-likeness (QED) is 0.922. The maximum absolute atomic E-state index is 3.64. The predicted octanol–water partition coefficient (Wildman–Crippen LogP) is 3.27. The summed E-state index contributed by atoms with van der Waals surface area (Å²) in [5.41, 5.74) is 1.39. The summed E-state index contributed by atoms with van der Waals surface area (Å²) in [6.07, 6.45) is 0. The summed E-state index contributed by atoms with van der Waals surface area (Å²) in [7, 11) is 0. The zero-order valence-electron chi connectivity index (χ0n) is 11.5. The van der Waals surface area contributed by atoms with Gasteiger partial charge >= 0.3 is 0 Å². The lowest BCUT2D eigenvalue weighted by atomic mass is 9.99. The van der Waals surface area contributed by atoms with E-state index in [-0.39, 0.29) is 0 Å². The van der Waals surface area contributed by atoms with Crippen LogP contribution >= 0.6 is 15.9 Å². The first-order chi connectivity index (χ1) is 8.56. The van der Waals surface area contributed by atoms with Gasteiger partial charge in [-0.15, -0.1) is 0 Å². The van der Waals surface area contributed by atoms with Crippen LogP contribution in [0.1, 0.15) is 26.3 Å². The van der Waals surface area contributed by atoms with Gasteiger partial charge in [0.1, 0.15) is 0 Å². The van der Waals surface area contributed by atoms with Crippen molar-refractivity contribution in [1.82, 2.24) is 10.2 Å². The van der Waals surface area contributed by atoms with E-state index in [0.29, 0.717) is 18.0 Å². The Labute approximate surface area is 119 Å². The largest absolute Gasteiger partial charge is 0.311 e. The molecule has 1 saturated heterocycles. The normalized spacial score (nSPS) is 25.6. The van der Waals surface area contributed by atoms with E-state index in [1.54, 1.807) is 0 Å². The number of nitrogens with zero attached hydrogens (tertiary/aromatic N) is 1. The molecule has 2 nitrogen and oxygen atoms in total. The number of halogens is 1. The molecule has 1 aliphatic heterocycles. The molecule has 1 aromatic carbocycles. The number of hydrogen-bond acceptors (Lipinski definition) is 2. The average Bonchev–Trinajstić information content (AvgIpc) is 2.31. The second-order valence-electron chi connectivity index (χ2n) is 5.67. The molecule has 1 N–H and O–H groups in total. The highest BCUT2D eigenvalue weighted by Crippen LogP contribution is 2.18. The van der Waals surface area contributed by atoms with Gasteiger partial charge in [0.05, 0.1) is 0 Å². The highest BCUT2D eigenvalue weighted by Gasteiger charge is 2.26. The van der Waals surface area contributed by atoms with Gasteiger partial charge in [0.15, 0.2) is 0 Å². The number of piperazine rings is 1. The first kappa shape index (κ1) is 14.0. The molecule has 18 heavy (non-hydrogen) atoms. The molecular weight excluding hydrogens is 288 g/mol. The summed E-state index contributed by atoms with van der Waals surface area (Å²) in [5.74, 6) is 0.697. The summed E-state index contributed by atoms with van der Waals surface area (Å²) in [5, 5.41) is 3.64. The minimum atomic E-state index is 0.610. The van der Waals surface area contributed by atoms with Crippen molar-refractivity contribution in [3.05, 3.63) is 34.3 Å². The van der Waals surface area contributed by atoms with E-state index in [4.69, 9.17) is 0 Å². The third-order valence-corrected chi connectivity index (χ3v) is 4.30. The summed E-state index contributed by atoms with van der Waals surface area (Å²) in [6, 6.07) is 9.86. The Hall–Kier alpha value is -0.380. The van der Waals surface area contributed by atoms with Crippen LogP contribution in [-0.2, 0) is 6.54 Å². The fraction of sp³-hybridized carbons (Fsp3) is 0.600. The van der Waals surface area contributed by atoms with Crippen molar-refractivity contribution in [1.29, 1.82) is 0 Å². The molecule has 0 aromatic heterocycles. The van der Waals surface area contributed by atoms with Gasteiger partial charge in [-0.25, -0.2) is 0 Å². The highest BCUT2D eigenvalue weighted by atomic mass is 79.9. The van der Waals surface area contributed by atoms with Crippen LogP contribution in [0.25, 0.3) is 0 Å². The maximum atomic E-state index is 3.64.